The monoisotopic (exact) mass is 368 g/mol. The second-order valence-corrected chi connectivity index (χ2v) is 7.45. The second kappa shape index (κ2) is 9.38. The molecule has 0 radical (unpaired) electrons. The zero-order valence-corrected chi connectivity index (χ0v) is 16.5. The molecule has 0 aromatic carbocycles. The summed E-state index contributed by atoms with van der Waals surface area (Å²) < 4.78 is 3.65. The quantitative estimate of drug-likeness (QED) is 0.194. The number of nitrogens with zero attached hydrogens (tertiary/aromatic N) is 3. The summed E-state index contributed by atoms with van der Waals surface area (Å²) in [4.78, 5) is 0. The zero-order chi connectivity index (χ0) is 20.0. The first-order valence-electron chi connectivity index (χ1n) is 9.27. The Kier molecular flexibility index (Phi) is 7.20. The Morgan fingerprint density at radius 3 is 2.96 bits per heavy atom. The summed E-state index contributed by atoms with van der Waals surface area (Å²) in [6, 6.07) is 0.304. The van der Waals surface area contributed by atoms with Gasteiger partial charge in [0, 0.05) is 30.5 Å². The van der Waals surface area contributed by atoms with Crippen molar-refractivity contribution in [2.24, 2.45) is 5.92 Å². The molecule has 2 rings (SSSR count). The number of hydrogen-bond acceptors (Lipinski definition) is 3. The van der Waals surface area contributed by atoms with Crippen LogP contribution in [0.3, 0.4) is 0 Å². The SMILES string of the molecule is C#C/C=C(\C=C(\O)C[C@@H]1C=C(C)CC[C@H]1[N+](=C)C)c1cnn(CC(C)O)c1. The molecule has 5 nitrogen and oxygen atoms in total. The molecule has 3 atom stereocenters. The maximum Gasteiger partial charge on any atom is 0.158 e. The van der Waals surface area contributed by atoms with E-state index in [1.165, 1.54) is 5.57 Å². The Hall–Kier alpha value is -2.58. The smallest absolute Gasteiger partial charge is 0.158 e. The van der Waals surface area contributed by atoms with Crippen LogP contribution in [0.1, 0.15) is 38.7 Å². The summed E-state index contributed by atoms with van der Waals surface area (Å²) >= 11 is 0. The number of terminal acetylenes is 1. The van der Waals surface area contributed by atoms with Crippen molar-refractivity contribution in [3.63, 3.8) is 0 Å². The molecule has 0 spiro atoms. The lowest BCUT2D eigenvalue weighted by molar-refractivity contribution is -0.538. The van der Waals surface area contributed by atoms with E-state index in [4.69, 9.17) is 6.42 Å². The molecule has 0 bridgehead atoms. The van der Waals surface area contributed by atoms with E-state index < -0.39 is 6.10 Å². The summed E-state index contributed by atoms with van der Waals surface area (Å²) in [7, 11) is 1.98. The predicted molar refractivity (Wildman–Crippen MR) is 110 cm³/mol. The van der Waals surface area contributed by atoms with Gasteiger partial charge in [-0.2, -0.15) is 5.10 Å². The third-order valence-corrected chi connectivity index (χ3v) is 4.82. The van der Waals surface area contributed by atoms with E-state index in [1.807, 2.05) is 17.8 Å². The van der Waals surface area contributed by atoms with Crippen molar-refractivity contribution in [3.8, 4) is 12.3 Å². The molecule has 0 saturated heterocycles. The molecule has 0 amide bonds. The summed E-state index contributed by atoms with van der Waals surface area (Å²) in [5.74, 6) is 3.02. The summed E-state index contributed by atoms with van der Waals surface area (Å²) in [5, 5.41) is 24.4. The number of hydrogen-bond donors (Lipinski definition) is 2. The minimum absolute atomic E-state index is 0.211. The minimum Gasteiger partial charge on any atom is -0.512 e. The van der Waals surface area contributed by atoms with Gasteiger partial charge in [0.15, 0.2) is 6.04 Å². The van der Waals surface area contributed by atoms with Gasteiger partial charge in [-0.1, -0.05) is 17.6 Å². The van der Waals surface area contributed by atoms with Gasteiger partial charge in [0.05, 0.1) is 24.6 Å². The van der Waals surface area contributed by atoms with E-state index in [-0.39, 0.29) is 11.7 Å². The lowest BCUT2D eigenvalue weighted by Crippen LogP contribution is -2.32. The Morgan fingerprint density at radius 2 is 2.33 bits per heavy atom. The fourth-order valence-corrected chi connectivity index (χ4v) is 3.55. The number of allylic oxidation sites excluding steroid dienone is 5. The largest absolute Gasteiger partial charge is 0.512 e. The van der Waals surface area contributed by atoms with Crippen LogP contribution in [0.15, 0.2) is 42.0 Å². The fourth-order valence-electron chi connectivity index (χ4n) is 3.55. The standard InChI is InChI=1S/C22H29N3O2/c1-6-7-18(20-13-23-25(15-20)14-17(3)26)11-21(27)12-19-10-16(2)8-9-22(19)24(4)5/h1,7,10-11,13,15,17,19,22,26H,4,8-9,12,14H2,2-3,5H3/p+1/b18-7+,21-11+/t17?,19-,22+/m0/s1. The molecule has 1 aliphatic carbocycles. The molecule has 0 fully saturated rings. The molecule has 1 aromatic heterocycles. The second-order valence-electron chi connectivity index (χ2n) is 7.45. The molecule has 1 aromatic rings. The molecule has 1 unspecified atom stereocenters. The van der Waals surface area contributed by atoms with Gasteiger partial charge in [0.1, 0.15) is 13.8 Å². The highest BCUT2D eigenvalue weighted by Gasteiger charge is 2.30. The summed E-state index contributed by atoms with van der Waals surface area (Å²) in [6.45, 7) is 8.29. The van der Waals surface area contributed by atoms with Gasteiger partial charge in [0.25, 0.3) is 0 Å². The van der Waals surface area contributed by atoms with Crippen molar-refractivity contribution >= 4 is 12.3 Å². The topological polar surface area (TPSA) is 61.3 Å². The van der Waals surface area contributed by atoms with Gasteiger partial charge in [-0.15, -0.1) is 6.42 Å². The Bertz CT molecular complexity index is 806. The summed E-state index contributed by atoms with van der Waals surface area (Å²) in [6.07, 6.45) is 16.7. The fraction of sp³-hybridized carbons (Fsp3) is 0.455. The van der Waals surface area contributed by atoms with E-state index in [2.05, 4.69) is 30.7 Å². The average Bonchev–Trinajstić information content (AvgIpc) is 3.01. The number of aromatic nitrogens is 2. The molecule has 0 aliphatic heterocycles. The van der Waals surface area contributed by atoms with Gasteiger partial charge >= 0.3 is 0 Å². The molecule has 144 valence electrons. The maximum atomic E-state index is 10.6. The van der Waals surface area contributed by atoms with Gasteiger partial charge in [-0.3, -0.25) is 4.68 Å². The Labute approximate surface area is 162 Å². The first kappa shape index (κ1) is 20.7. The number of rotatable bonds is 7. The van der Waals surface area contributed by atoms with Gasteiger partial charge in [0.2, 0.25) is 0 Å². The van der Waals surface area contributed by atoms with Gasteiger partial charge in [-0.05, 0) is 38.0 Å². The van der Waals surface area contributed by atoms with Crippen LogP contribution in [0, 0.1) is 18.3 Å². The van der Waals surface area contributed by atoms with Crippen LogP contribution in [0.5, 0.6) is 0 Å². The van der Waals surface area contributed by atoms with E-state index in [9.17, 15) is 10.2 Å². The highest BCUT2D eigenvalue weighted by Crippen LogP contribution is 2.30. The first-order chi connectivity index (χ1) is 12.8. The summed E-state index contributed by atoms with van der Waals surface area (Å²) in [5.41, 5.74) is 2.88. The van der Waals surface area contributed by atoms with Crippen LogP contribution >= 0.6 is 0 Å². The van der Waals surface area contributed by atoms with Crippen molar-refractivity contribution in [1.82, 2.24) is 9.78 Å². The lowest BCUT2D eigenvalue weighted by atomic mass is 9.83. The van der Waals surface area contributed by atoms with E-state index in [1.54, 1.807) is 30.0 Å². The third-order valence-electron chi connectivity index (χ3n) is 4.82. The van der Waals surface area contributed by atoms with E-state index in [0.29, 0.717) is 19.0 Å². The third kappa shape index (κ3) is 5.97. The Balaban J connectivity index is 2.21. The van der Waals surface area contributed by atoms with Crippen molar-refractivity contribution in [2.45, 2.75) is 51.8 Å². The van der Waals surface area contributed by atoms with Gasteiger partial charge in [-0.25, -0.2) is 4.58 Å². The normalized spacial score (nSPS) is 22.1. The first-order valence-corrected chi connectivity index (χ1v) is 9.27. The van der Waals surface area contributed by atoms with Crippen LogP contribution < -0.4 is 0 Å². The van der Waals surface area contributed by atoms with Crippen molar-refractivity contribution < 1.29 is 14.8 Å². The molecule has 0 saturated carbocycles. The highest BCUT2D eigenvalue weighted by atomic mass is 16.3. The number of aliphatic hydroxyl groups excluding tert-OH is 2. The van der Waals surface area contributed by atoms with Gasteiger partial charge < -0.3 is 10.2 Å². The highest BCUT2D eigenvalue weighted by molar-refractivity contribution is 5.75. The van der Waals surface area contributed by atoms with Crippen LogP contribution in [0.25, 0.3) is 5.57 Å². The molecule has 1 aliphatic rings. The van der Waals surface area contributed by atoms with Crippen molar-refractivity contribution in [1.29, 1.82) is 0 Å². The molecular weight excluding hydrogens is 338 g/mol. The van der Waals surface area contributed by atoms with E-state index >= 15 is 0 Å². The van der Waals surface area contributed by atoms with E-state index in [0.717, 1.165) is 24.0 Å². The molecule has 27 heavy (non-hydrogen) atoms. The van der Waals surface area contributed by atoms with Crippen LogP contribution in [0.2, 0.25) is 0 Å². The zero-order valence-electron chi connectivity index (χ0n) is 16.5. The van der Waals surface area contributed by atoms with Crippen molar-refractivity contribution in [2.75, 3.05) is 7.05 Å². The predicted octanol–water partition coefficient (Wildman–Crippen LogP) is 3.18. The maximum absolute atomic E-state index is 10.6. The minimum atomic E-state index is -0.486. The van der Waals surface area contributed by atoms with Crippen LogP contribution in [-0.2, 0) is 6.54 Å². The molecule has 1 heterocycles. The van der Waals surface area contributed by atoms with Crippen LogP contribution in [-0.4, -0.2) is 50.5 Å². The van der Waals surface area contributed by atoms with Crippen LogP contribution in [0.4, 0.5) is 0 Å². The Morgan fingerprint density at radius 1 is 1.59 bits per heavy atom. The molecule has 5 heteroatoms. The molecular formula is C22H30N3O2+. The molecule has 2 N–H and O–H groups in total. The number of aliphatic hydroxyl groups is 2. The lowest BCUT2D eigenvalue weighted by Gasteiger charge is -2.25. The average molecular weight is 369 g/mol. The van der Waals surface area contributed by atoms with Crippen molar-refractivity contribution in [3.05, 3.63) is 47.5 Å².